The number of hydrogen-bond acceptors (Lipinski definition) is 5. The van der Waals surface area contributed by atoms with Crippen LogP contribution < -0.4 is 5.43 Å². The van der Waals surface area contributed by atoms with E-state index in [9.17, 15) is 19.9 Å². The maximum Gasteiger partial charge on any atom is 0.422 e. The minimum Gasteiger partial charge on any atom is -0.480 e. The molecule has 0 aromatic carbocycles. The monoisotopic (exact) mass is 354 g/mol. The van der Waals surface area contributed by atoms with Gasteiger partial charge >= 0.3 is 12.1 Å². The molecule has 0 bridgehead atoms. The largest absolute Gasteiger partial charge is 0.480 e. The van der Waals surface area contributed by atoms with E-state index in [-0.39, 0.29) is 13.0 Å². The second kappa shape index (κ2) is 5.96. The fourth-order valence-corrected chi connectivity index (χ4v) is 3.68. The van der Waals surface area contributed by atoms with Crippen LogP contribution >= 0.6 is 0 Å². The molecule has 141 valence electrons. The van der Waals surface area contributed by atoms with E-state index in [1.807, 2.05) is 13.8 Å². The van der Waals surface area contributed by atoms with E-state index in [0.717, 1.165) is 16.2 Å². The Morgan fingerprint density at radius 3 is 2.16 bits per heavy atom. The number of aliphatic carboxylic acids is 1. The Morgan fingerprint density at radius 1 is 1.16 bits per heavy atom. The molecule has 0 fully saturated rings. The summed E-state index contributed by atoms with van der Waals surface area (Å²) in [5.41, 5.74) is 1.99. The topological polar surface area (TPSA) is 102 Å². The van der Waals surface area contributed by atoms with Gasteiger partial charge in [0, 0.05) is 6.54 Å². The molecule has 0 saturated carbocycles. The Balaban J connectivity index is 2.32. The van der Waals surface area contributed by atoms with E-state index >= 15 is 0 Å². The summed E-state index contributed by atoms with van der Waals surface area (Å²) in [6.07, 6.45) is -0.535. The lowest BCUT2D eigenvalue weighted by Crippen LogP contribution is -2.56. The second-order valence-corrected chi connectivity index (χ2v) is 8.67. The lowest BCUT2D eigenvalue weighted by Gasteiger charge is -2.37. The van der Waals surface area contributed by atoms with Crippen LogP contribution in [0.15, 0.2) is 11.1 Å². The molecule has 1 unspecified atom stereocenters. The number of carboxylic acids is 1. The zero-order valence-corrected chi connectivity index (χ0v) is 16.0. The van der Waals surface area contributed by atoms with Gasteiger partial charge in [-0.25, -0.2) is 4.79 Å². The Hall–Kier alpha value is -1.64. The quantitative estimate of drug-likeness (QED) is 0.736. The summed E-state index contributed by atoms with van der Waals surface area (Å²) in [6.45, 7) is 12.6. The van der Waals surface area contributed by atoms with Gasteiger partial charge in [-0.3, -0.25) is 10.2 Å². The molecule has 8 heteroatoms. The number of rotatable bonds is 2. The molecule has 0 aliphatic carbocycles. The first-order chi connectivity index (χ1) is 11.2. The molecular weight excluding hydrogens is 326 g/mol. The van der Waals surface area contributed by atoms with Crippen molar-refractivity contribution in [2.45, 2.75) is 77.6 Å². The third kappa shape index (κ3) is 3.51. The van der Waals surface area contributed by atoms with Crippen LogP contribution in [0.4, 0.5) is 4.79 Å². The van der Waals surface area contributed by atoms with Gasteiger partial charge in [-0.2, -0.15) is 5.01 Å². The normalized spacial score (nSPS) is 26.3. The highest BCUT2D eigenvalue weighted by molar-refractivity contribution is 5.76. The number of carboxylic acid groups (broad SMARTS) is 1. The Morgan fingerprint density at radius 2 is 1.68 bits per heavy atom. The summed E-state index contributed by atoms with van der Waals surface area (Å²) < 4.78 is 5.22. The number of hydrazine groups is 1. The smallest absolute Gasteiger partial charge is 0.422 e. The van der Waals surface area contributed by atoms with Crippen LogP contribution in [0.2, 0.25) is 0 Å². The molecule has 2 rings (SSSR count). The Kier molecular flexibility index (Phi) is 4.69. The molecule has 2 heterocycles. The highest BCUT2D eigenvalue weighted by Gasteiger charge is 2.55. The molecule has 2 aliphatic rings. The van der Waals surface area contributed by atoms with Crippen molar-refractivity contribution < 1.29 is 24.6 Å². The van der Waals surface area contributed by atoms with Gasteiger partial charge in [0.25, 0.3) is 0 Å². The van der Waals surface area contributed by atoms with E-state index in [2.05, 4.69) is 5.43 Å². The van der Waals surface area contributed by atoms with Crippen molar-refractivity contribution in [1.82, 2.24) is 15.5 Å². The average Bonchev–Trinajstić information content (AvgIpc) is 2.54. The molecule has 0 aromatic rings. The average molecular weight is 354 g/mol. The van der Waals surface area contributed by atoms with Crippen LogP contribution in [0.5, 0.6) is 0 Å². The van der Waals surface area contributed by atoms with Crippen molar-refractivity contribution in [3.63, 3.8) is 0 Å². The summed E-state index contributed by atoms with van der Waals surface area (Å²) in [6, 6.07) is -0.951. The number of carbonyl (C=O) groups is 2. The first-order valence-corrected chi connectivity index (χ1v) is 8.37. The minimum atomic E-state index is -1.06. The number of nitrogens with zero attached hydrogens (tertiary/aromatic N) is 2. The van der Waals surface area contributed by atoms with Gasteiger partial charge in [0.15, 0.2) is 0 Å². The molecule has 0 spiro atoms. The zero-order chi connectivity index (χ0) is 19.4. The fraction of sp³-hybridized carbons (Fsp3) is 0.765. The van der Waals surface area contributed by atoms with E-state index in [1.54, 1.807) is 34.6 Å². The van der Waals surface area contributed by atoms with Gasteiger partial charge in [-0.15, -0.1) is 10.3 Å². The first-order valence-electron chi connectivity index (χ1n) is 8.37. The van der Waals surface area contributed by atoms with Crippen LogP contribution in [0.25, 0.3) is 0 Å². The maximum atomic E-state index is 12.7. The Bertz CT molecular complexity index is 618. The molecule has 1 atom stereocenters. The van der Waals surface area contributed by atoms with Gasteiger partial charge in [0.2, 0.25) is 0 Å². The molecule has 0 saturated heterocycles. The number of hydroxylamine groups is 2. The molecule has 2 N–H and O–H groups in total. The van der Waals surface area contributed by atoms with Gasteiger partial charge in [-0.05, 0) is 66.0 Å². The third-order valence-corrected chi connectivity index (χ3v) is 4.88. The molecule has 0 aromatic heterocycles. The first kappa shape index (κ1) is 19.7. The van der Waals surface area contributed by atoms with Crippen LogP contribution in [0.3, 0.4) is 0 Å². The van der Waals surface area contributed by atoms with Gasteiger partial charge in [0.1, 0.15) is 11.6 Å². The molecule has 1 amide bonds. The van der Waals surface area contributed by atoms with Crippen LogP contribution in [0, 0.1) is 0 Å². The number of ether oxygens (including phenoxy) is 1. The molecule has 2 aliphatic heterocycles. The van der Waals surface area contributed by atoms with Gasteiger partial charge < -0.3 is 9.84 Å². The van der Waals surface area contributed by atoms with Crippen molar-refractivity contribution in [1.29, 1.82) is 0 Å². The van der Waals surface area contributed by atoms with E-state index in [1.165, 1.54) is 5.01 Å². The van der Waals surface area contributed by atoms with Crippen molar-refractivity contribution in [2.24, 2.45) is 0 Å². The fourth-order valence-electron chi connectivity index (χ4n) is 3.68. The Labute approximate surface area is 148 Å². The van der Waals surface area contributed by atoms with Crippen LogP contribution in [-0.4, -0.2) is 56.5 Å². The summed E-state index contributed by atoms with van der Waals surface area (Å²) in [5, 5.41) is 24.7. The zero-order valence-electron chi connectivity index (χ0n) is 16.0. The molecule has 8 nitrogen and oxygen atoms in total. The van der Waals surface area contributed by atoms with Gasteiger partial charge in [-0.1, -0.05) is 0 Å². The third-order valence-electron chi connectivity index (χ3n) is 4.88. The van der Waals surface area contributed by atoms with E-state index < -0.39 is 34.8 Å². The lowest BCUT2D eigenvalue weighted by atomic mass is 9.83. The number of carbonyl (C=O) groups excluding carboxylic acids is 1. The van der Waals surface area contributed by atoms with E-state index in [0.29, 0.717) is 0 Å². The lowest BCUT2D eigenvalue weighted by molar-refractivity contribution is -0.240. The molecule has 25 heavy (non-hydrogen) atoms. The van der Waals surface area contributed by atoms with Crippen molar-refractivity contribution in [2.75, 3.05) is 6.54 Å². The standard InChI is InChI=1S/C17H28N3O5/c1-15(2,3)25-14(23)18-19-9-11-10(8-12(19)13(21)22)16(4,5)20(24)17(11,6)7/h12H,8-9H2,1-7H3,(H,18,23)(H,21,22). The summed E-state index contributed by atoms with van der Waals surface area (Å²) >= 11 is 0. The van der Waals surface area contributed by atoms with Crippen LogP contribution in [0.1, 0.15) is 54.9 Å². The predicted molar refractivity (Wildman–Crippen MR) is 89.8 cm³/mol. The minimum absolute atomic E-state index is 0.167. The van der Waals surface area contributed by atoms with Crippen molar-refractivity contribution in [3.8, 4) is 0 Å². The maximum absolute atomic E-state index is 12.7. The number of amides is 1. The van der Waals surface area contributed by atoms with Gasteiger partial charge in [0.05, 0.1) is 11.1 Å². The molecular formula is C17H28N3O5. The van der Waals surface area contributed by atoms with E-state index in [4.69, 9.17) is 4.74 Å². The predicted octanol–water partition coefficient (Wildman–Crippen LogP) is 2.10. The number of hydrogen-bond donors (Lipinski definition) is 2. The second-order valence-electron chi connectivity index (χ2n) is 8.67. The summed E-state index contributed by atoms with van der Waals surface area (Å²) in [4.78, 5) is 23.8. The summed E-state index contributed by atoms with van der Waals surface area (Å²) in [5.74, 6) is -1.06. The summed E-state index contributed by atoms with van der Waals surface area (Å²) in [7, 11) is 0. The van der Waals surface area contributed by atoms with Crippen molar-refractivity contribution >= 4 is 12.1 Å². The highest BCUT2D eigenvalue weighted by Crippen LogP contribution is 2.48. The SMILES string of the molecule is CC(C)(C)OC(=O)NN1CC2=C(CC1C(=O)O)C(C)(C)N([O])C2(C)C. The van der Waals surface area contributed by atoms with Crippen molar-refractivity contribution in [3.05, 3.63) is 11.1 Å². The van der Waals surface area contributed by atoms with Crippen LogP contribution in [-0.2, 0) is 14.7 Å². The molecule has 1 radical (unpaired) electrons. The highest BCUT2D eigenvalue weighted by atomic mass is 16.6. The number of nitrogens with one attached hydrogen (secondary N) is 1.